The van der Waals surface area contributed by atoms with Gasteiger partial charge in [-0.25, -0.2) is 4.98 Å². The van der Waals surface area contributed by atoms with Crippen LogP contribution in [0.5, 0.6) is 0 Å². The first-order chi connectivity index (χ1) is 12.0. The van der Waals surface area contributed by atoms with Crippen molar-refractivity contribution in [2.45, 2.75) is 19.9 Å². The fourth-order valence-corrected chi connectivity index (χ4v) is 2.50. The highest BCUT2D eigenvalue weighted by atomic mass is 16.3. The molecule has 0 atom stereocenters. The van der Waals surface area contributed by atoms with Crippen molar-refractivity contribution in [3.05, 3.63) is 70.3 Å². The monoisotopic (exact) mass is 338 g/mol. The van der Waals surface area contributed by atoms with Gasteiger partial charge in [-0.15, -0.1) is 0 Å². The van der Waals surface area contributed by atoms with E-state index in [0.29, 0.717) is 23.6 Å². The summed E-state index contributed by atoms with van der Waals surface area (Å²) in [6.45, 7) is 2.16. The number of nitrogens with one attached hydrogen (secondary N) is 1. The fraction of sp³-hybridized carbons (Fsp3) is 0.222. The second-order valence-corrected chi connectivity index (χ2v) is 5.77. The Morgan fingerprint density at radius 3 is 2.68 bits per heavy atom. The lowest BCUT2D eigenvalue weighted by atomic mass is 10.1. The number of nitrogens with zero attached hydrogens (tertiary/aromatic N) is 3. The summed E-state index contributed by atoms with van der Waals surface area (Å²) >= 11 is 0. The molecule has 3 rings (SSSR count). The van der Waals surface area contributed by atoms with Crippen molar-refractivity contribution in [3.63, 3.8) is 0 Å². The first-order valence-electron chi connectivity index (χ1n) is 7.80. The number of H-pyrrole nitrogens is 1. The van der Waals surface area contributed by atoms with E-state index >= 15 is 0 Å². The third kappa shape index (κ3) is 3.82. The zero-order chi connectivity index (χ0) is 17.8. The number of hydrogen-bond acceptors (Lipinski definition) is 5. The van der Waals surface area contributed by atoms with Crippen LogP contribution in [0.4, 0.5) is 0 Å². The molecule has 0 fully saturated rings. The Morgan fingerprint density at radius 2 is 2.04 bits per heavy atom. The van der Waals surface area contributed by atoms with Crippen molar-refractivity contribution >= 4 is 5.91 Å². The van der Waals surface area contributed by atoms with E-state index < -0.39 is 0 Å². The van der Waals surface area contributed by atoms with Gasteiger partial charge in [-0.3, -0.25) is 14.6 Å². The van der Waals surface area contributed by atoms with Crippen molar-refractivity contribution < 1.29 is 9.21 Å². The summed E-state index contributed by atoms with van der Waals surface area (Å²) in [6, 6.07) is 5.33. The molecule has 7 heteroatoms. The van der Waals surface area contributed by atoms with E-state index in [0.717, 1.165) is 11.1 Å². The van der Waals surface area contributed by atoms with Gasteiger partial charge in [0.1, 0.15) is 5.82 Å². The van der Waals surface area contributed by atoms with Crippen LogP contribution in [0.15, 0.2) is 52.3 Å². The van der Waals surface area contributed by atoms with Gasteiger partial charge in [-0.2, -0.15) is 0 Å². The lowest BCUT2D eigenvalue weighted by Crippen LogP contribution is -2.30. The number of aromatic amines is 1. The zero-order valence-corrected chi connectivity index (χ0v) is 14.0. The second kappa shape index (κ2) is 7.12. The third-order valence-corrected chi connectivity index (χ3v) is 3.93. The van der Waals surface area contributed by atoms with E-state index in [1.807, 2.05) is 0 Å². The van der Waals surface area contributed by atoms with Gasteiger partial charge in [-0.05, 0) is 25.1 Å². The molecule has 1 amide bonds. The van der Waals surface area contributed by atoms with Crippen molar-refractivity contribution in [2.75, 3.05) is 7.05 Å². The number of aromatic nitrogens is 3. The molecule has 0 radical (unpaired) electrons. The quantitative estimate of drug-likeness (QED) is 0.767. The molecule has 3 aromatic rings. The number of furan rings is 1. The summed E-state index contributed by atoms with van der Waals surface area (Å²) in [5.41, 5.74) is 2.28. The molecule has 128 valence electrons. The first-order valence-corrected chi connectivity index (χ1v) is 7.80. The van der Waals surface area contributed by atoms with Crippen molar-refractivity contribution in [1.29, 1.82) is 0 Å². The molecule has 0 bridgehead atoms. The molecule has 0 saturated heterocycles. The predicted molar refractivity (Wildman–Crippen MR) is 91.7 cm³/mol. The van der Waals surface area contributed by atoms with Crippen molar-refractivity contribution in [2.24, 2.45) is 0 Å². The Balaban J connectivity index is 1.78. The zero-order valence-electron chi connectivity index (χ0n) is 14.0. The van der Waals surface area contributed by atoms with E-state index in [4.69, 9.17) is 4.42 Å². The Labute approximate surface area is 144 Å². The van der Waals surface area contributed by atoms with Crippen LogP contribution in [0.25, 0.3) is 11.4 Å². The summed E-state index contributed by atoms with van der Waals surface area (Å²) in [4.78, 5) is 37.5. The van der Waals surface area contributed by atoms with Crippen LogP contribution in [-0.2, 0) is 17.8 Å². The molecule has 0 aliphatic carbocycles. The Bertz CT molecular complexity index is 917. The predicted octanol–water partition coefficient (Wildman–Crippen LogP) is 1.93. The minimum absolute atomic E-state index is 0.000850. The lowest BCUT2D eigenvalue weighted by Gasteiger charge is -2.16. The summed E-state index contributed by atoms with van der Waals surface area (Å²) in [7, 11) is 1.69. The number of rotatable bonds is 5. The molecule has 7 nitrogen and oxygen atoms in total. The van der Waals surface area contributed by atoms with Gasteiger partial charge in [0.15, 0.2) is 0 Å². The number of aryl methyl sites for hydroxylation is 1. The molecule has 3 aromatic heterocycles. The van der Waals surface area contributed by atoms with Crippen LogP contribution in [0.2, 0.25) is 0 Å². The maximum Gasteiger partial charge on any atom is 0.255 e. The molecule has 3 heterocycles. The number of carbonyl (C=O) groups excluding carboxylic acids is 1. The molecule has 0 spiro atoms. The highest BCUT2D eigenvalue weighted by Crippen LogP contribution is 2.13. The Morgan fingerprint density at radius 1 is 1.28 bits per heavy atom. The average Bonchev–Trinajstić information content (AvgIpc) is 3.11. The second-order valence-electron chi connectivity index (χ2n) is 5.77. The highest BCUT2D eigenvalue weighted by molar-refractivity contribution is 5.78. The van der Waals surface area contributed by atoms with E-state index in [9.17, 15) is 9.59 Å². The van der Waals surface area contributed by atoms with E-state index in [2.05, 4.69) is 15.0 Å². The SMILES string of the molecule is Cc1nc(-c2ccncc2)[nH]c(=O)c1CC(=O)N(C)Cc1ccoc1. The standard InChI is InChI=1S/C18H18N4O3/c1-12-15(9-16(23)22(2)10-13-5-8-25-11-13)18(24)21-17(20-12)14-3-6-19-7-4-14/h3-8,11H,9-10H2,1-2H3,(H,20,21,24). The third-order valence-electron chi connectivity index (χ3n) is 3.93. The van der Waals surface area contributed by atoms with Gasteiger partial charge in [-0.1, -0.05) is 0 Å². The summed E-state index contributed by atoms with van der Waals surface area (Å²) in [5, 5.41) is 0. The van der Waals surface area contributed by atoms with Crippen molar-refractivity contribution in [1.82, 2.24) is 19.9 Å². The largest absolute Gasteiger partial charge is 0.472 e. The number of amides is 1. The molecule has 1 N–H and O–H groups in total. The minimum Gasteiger partial charge on any atom is -0.472 e. The summed E-state index contributed by atoms with van der Waals surface area (Å²) in [6.07, 6.45) is 6.41. The number of likely N-dealkylation sites (N-methyl/N-ethyl adjacent to an activating group) is 1. The van der Waals surface area contributed by atoms with E-state index in [-0.39, 0.29) is 17.9 Å². The van der Waals surface area contributed by atoms with E-state index in [1.54, 1.807) is 62.0 Å². The normalized spacial score (nSPS) is 10.6. The maximum atomic E-state index is 12.4. The topological polar surface area (TPSA) is 92.1 Å². The minimum atomic E-state index is -0.302. The van der Waals surface area contributed by atoms with Gasteiger partial charge < -0.3 is 14.3 Å². The van der Waals surface area contributed by atoms with Crippen LogP contribution < -0.4 is 5.56 Å². The average molecular weight is 338 g/mol. The van der Waals surface area contributed by atoms with Gasteiger partial charge in [0, 0.05) is 48.4 Å². The lowest BCUT2D eigenvalue weighted by molar-refractivity contribution is -0.129. The fourth-order valence-electron chi connectivity index (χ4n) is 2.50. The van der Waals surface area contributed by atoms with Gasteiger partial charge in [0.2, 0.25) is 5.91 Å². The Hall–Kier alpha value is -3.22. The van der Waals surface area contributed by atoms with Crippen molar-refractivity contribution in [3.8, 4) is 11.4 Å². The number of pyridine rings is 1. The first kappa shape index (κ1) is 16.6. The molecule has 25 heavy (non-hydrogen) atoms. The molecule has 0 aromatic carbocycles. The van der Waals surface area contributed by atoms with Gasteiger partial charge >= 0.3 is 0 Å². The Kier molecular flexibility index (Phi) is 4.74. The number of hydrogen-bond donors (Lipinski definition) is 1. The van der Waals surface area contributed by atoms with Crippen LogP contribution in [0.3, 0.4) is 0 Å². The van der Waals surface area contributed by atoms with E-state index in [1.165, 1.54) is 0 Å². The summed E-state index contributed by atoms with van der Waals surface area (Å²) in [5.74, 6) is 0.307. The molecule has 0 aliphatic heterocycles. The van der Waals surface area contributed by atoms with Crippen LogP contribution in [0, 0.1) is 6.92 Å². The highest BCUT2D eigenvalue weighted by Gasteiger charge is 2.16. The van der Waals surface area contributed by atoms with Crippen LogP contribution >= 0.6 is 0 Å². The van der Waals surface area contributed by atoms with Gasteiger partial charge in [0.25, 0.3) is 5.56 Å². The van der Waals surface area contributed by atoms with Crippen LogP contribution in [0.1, 0.15) is 16.8 Å². The smallest absolute Gasteiger partial charge is 0.255 e. The van der Waals surface area contributed by atoms with Gasteiger partial charge in [0.05, 0.1) is 18.9 Å². The molecule has 0 unspecified atom stereocenters. The summed E-state index contributed by atoms with van der Waals surface area (Å²) < 4.78 is 5.00. The molecular weight excluding hydrogens is 320 g/mol. The van der Waals surface area contributed by atoms with Crippen LogP contribution in [-0.4, -0.2) is 32.8 Å². The molecular formula is C18H18N4O3. The number of carbonyl (C=O) groups is 1. The molecule has 0 saturated carbocycles. The maximum absolute atomic E-state index is 12.4. The molecule has 0 aliphatic rings.